The van der Waals surface area contributed by atoms with Crippen LogP contribution < -0.4 is 0 Å². The minimum absolute atomic E-state index is 0.806. The Labute approximate surface area is 120 Å². The van der Waals surface area contributed by atoms with Gasteiger partial charge in [-0.25, -0.2) is 0 Å². The molecule has 1 spiro atoms. The summed E-state index contributed by atoms with van der Waals surface area (Å²) in [6, 6.07) is 0. The van der Waals surface area contributed by atoms with E-state index in [0.717, 1.165) is 11.3 Å². The van der Waals surface area contributed by atoms with Crippen molar-refractivity contribution < 1.29 is 0 Å². The topological polar surface area (TPSA) is 0 Å². The Morgan fingerprint density at radius 1 is 0.789 bits per heavy atom. The molecule has 0 aromatic carbocycles. The maximum absolute atomic E-state index is 2.65. The summed E-state index contributed by atoms with van der Waals surface area (Å²) >= 11 is 0. The second-order valence-corrected chi connectivity index (χ2v) is 7.57. The molecule has 0 aliphatic heterocycles. The lowest BCUT2D eigenvalue weighted by molar-refractivity contribution is 0.378. The monoisotopic (exact) mass is 260 g/mol. The van der Waals surface area contributed by atoms with Crippen LogP contribution in [0.2, 0.25) is 0 Å². The van der Waals surface area contributed by atoms with Gasteiger partial charge in [-0.15, -0.1) is 0 Å². The van der Waals surface area contributed by atoms with Crippen LogP contribution in [0.3, 0.4) is 0 Å². The minimum atomic E-state index is 0.806. The van der Waals surface area contributed by atoms with Crippen molar-refractivity contribution in [3.8, 4) is 0 Å². The van der Waals surface area contributed by atoms with Crippen LogP contribution in [0, 0.1) is 11.3 Å². The molecular weight excluding hydrogens is 228 g/mol. The SMILES string of the molecule is C1=C2CCCCCCCCCCCC[C@]3(C1)C[C@@H]3C2. The lowest BCUT2D eigenvalue weighted by Crippen LogP contribution is -2.09. The molecule has 108 valence electrons. The van der Waals surface area contributed by atoms with E-state index in [4.69, 9.17) is 0 Å². The lowest BCUT2D eigenvalue weighted by Gasteiger charge is -2.22. The molecule has 0 N–H and O–H groups in total. The molecule has 0 amide bonds. The molecule has 2 bridgehead atoms. The normalized spacial score (nSPS) is 37.5. The van der Waals surface area contributed by atoms with Gasteiger partial charge in [0.25, 0.3) is 0 Å². The van der Waals surface area contributed by atoms with Gasteiger partial charge in [-0.2, -0.15) is 0 Å². The number of allylic oxidation sites excluding steroid dienone is 2. The molecule has 0 aromatic heterocycles. The molecule has 0 radical (unpaired) electrons. The highest BCUT2D eigenvalue weighted by atomic mass is 14.6. The molecule has 0 aromatic rings. The summed E-state index contributed by atoms with van der Waals surface area (Å²) in [4.78, 5) is 0. The lowest BCUT2D eigenvalue weighted by atomic mass is 9.83. The molecule has 2 fully saturated rings. The van der Waals surface area contributed by atoms with Gasteiger partial charge < -0.3 is 0 Å². The predicted octanol–water partition coefficient (Wildman–Crippen LogP) is 6.41. The van der Waals surface area contributed by atoms with Crippen LogP contribution in [-0.2, 0) is 0 Å². The minimum Gasteiger partial charge on any atom is -0.0848 e. The van der Waals surface area contributed by atoms with Crippen molar-refractivity contribution in [3.63, 3.8) is 0 Å². The smallest absolute Gasteiger partial charge is 0.0228 e. The van der Waals surface area contributed by atoms with Gasteiger partial charge in [-0.3, -0.25) is 0 Å². The van der Waals surface area contributed by atoms with Gasteiger partial charge in [0, 0.05) is 0 Å². The van der Waals surface area contributed by atoms with Crippen LogP contribution in [0.1, 0.15) is 96.3 Å². The van der Waals surface area contributed by atoms with Crippen LogP contribution in [0.4, 0.5) is 0 Å². The molecule has 0 saturated heterocycles. The summed E-state index contributed by atoms with van der Waals surface area (Å²) in [5.41, 5.74) is 2.63. The van der Waals surface area contributed by atoms with Crippen molar-refractivity contribution in [1.82, 2.24) is 0 Å². The Kier molecular flexibility index (Phi) is 4.66. The molecule has 0 unspecified atom stereocenters. The Hall–Kier alpha value is -0.260. The summed E-state index contributed by atoms with van der Waals surface area (Å²) < 4.78 is 0. The summed E-state index contributed by atoms with van der Waals surface area (Å²) in [5.74, 6) is 1.10. The highest BCUT2D eigenvalue weighted by molar-refractivity contribution is 5.19. The van der Waals surface area contributed by atoms with Crippen LogP contribution in [0.25, 0.3) is 0 Å². The van der Waals surface area contributed by atoms with E-state index in [0.29, 0.717) is 0 Å². The van der Waals surface area contributed by atoms with E-state index < -0.39 is 0 Å². The third kappa shape index (κ3) is 3.64. The summed E-state index contributed by atoms with van der Waals surface area (Å²) in [6.45, 7) is 0. The van der Waals surface area contributed by atoms with E-state index in [1.807, 2.05) is 5.57 Å². The average Bonchev–Trinajstić information content (AvgIpc) is 3.12. The van der Waals surface area contributed by atoms with E-state index in [1.165, 1.54) is 83.5 Å². The zero-order valence-electron chi connectivity index (χ0n) is 12.8. The van der Waals surface area contributed by atoms with Crippen molar-refractivity contribution in [2.45, 2.75) is 96.3 Å². The first-order valence-electron chi connectivity index (χ1n) is 9.07. The molecule has 19 heavy (non-hydrogen) atoms. The number of rotatable bonds is 0. The quantitative estimate of drug-likeness (QED) is 0.442. The third-order valence-electron chi connectivity index (χ3n) is 6.09. The van der Waals surface area contributed by atoms with E-state index in [2.05, 4.69) is 6.08 Å². The summed E-state index contributed by atoms with van der Waals surface area (Å²) in [5, 5.41) is 0. The van der Waals surface area contributed by atoms with Gasteiger partial charge in [0.15, 0.2) is 0 Å². The number of fused-ring (bicyclic) bond motifs is 12. The molecule has 4 rings (SSSR count). The standard InChI is InChI=1S/C19H32/c1-2-4-6-8-10-13-19-14-12-17(15-18(19)16-19)11-9-7-5-3-1/h12,18H,1-11,13-16H2/t18-,19-/m0/s1. The Morgan fingerprint density at radius 3 is 2.11 bits per heavy atom. The molecule has 4 aliphatic carbocycles. The molecule has 4 aliphatic rings. The Bertz CT molecular complexity index is 314. The van der Waals surface area contributed by atoms with Gasteiger partial charge in [-0.1, -0.05) is 69.4 Å². The van der Waals surface area contributed by atoms with Gasteiger partial charge in [0.1, 0.15) is 0 Å². The zero-order chi connectivity index (χ0) is 13.0. The largest absolute Gasteiger partial charge is 0.0848 e. The van der Waals surface area contributed by atoms with Crippen molar-refractivity contribution in [2.24, 2.45) is 11.3 Å². The molecule has 0 heteroatoms. The first kappa shape index (κ1) is 13.7. The second kappa shape index (κ2) is 6.46. The van der Waals surface area contributed by atoms with Crippen molar-refractivity contribution in [3.05, 3.63) is 11.6 Å². The molecule has 0 heterocycles. The zero-order valence-corrected chi connectivity index (χ0v) is 12.8. The number of hydrogen-bond donors (Lipinski definition) is 0. The highest BCUT2D eigenvalue weighted by Gasteiger charge is 2.53. The van der Waals surface area contributed by atoms with Crippen LogP contribution in [-0.4, -0.2) is 0 Å². The summed E-state index contributed by atoms with van der Waals surface area (Å²) in [6.07, 6.45) is 25.0. The third-order valence-corrected chi connectivity index (χ3v) is 6.09. The Balaban J connectivity index is 1.51. The van der Waals surface area contributed by atoms with Crippen LogP contribution in [0.5, 0.6) is 0 Å². The van der Waals surface area contributed by atoms with E-state index in [-0.39, 0.29) is 0 Å². The maximum Gasteiger partial charge on any atom is -0.0228 e. The van der Waals surface area contributed by atoms with Gasteiger partial charge in [-0.05, 0) is 49.9 Å². The first-order chi connectivity index (χ1) is 9.39. The van der Waals surface area contributed by atoms with Gasteiger partial charge >= 0.3 is 0 Å². The van der Waals surface area contributed by atoms with E-state index in [1.54, 1.807) is 12.8 Å². The molecule has 2 saturated carbocycles. The molecule has 0 nitrogen and oxygen atoms in total. The predicted molar refractivity (Wildman–Crippen MR) is 83.3 cm³/mol. The fraction of sp³-hybridized carbons (Fsp3) is 0.895. The number of hydrogen-bond acceptors (Lipinski definition) is 0. The Morgan fingerprint density at radius 2 is 1.42 bits per heavy atom. The fourth-order valence-corrected chi connectivity index (χ4v) is 4.57. The van der Waals surface area contributed by atoms with Gasteiger partial charge in [0.05, 0.1) is 0 Å². The van der Waals surface area contributed by atoms with E-state index >= 15 is 0 Å². The summed E-state index contributed by atoms with van der Waals surface area (Å²) in [7, 11) is 0. The average molecular weight is 260 g/mol. The fourth-order valence-electron chi connectivity index (χ4n) is 4.57. The van der Waals surface area contributed by atoms with E-state index in [9.17, 15) is 0 Å². The molecular formula is C19H32. The van der Waals surface area contributed by atoms with Crippen molar-refractivity contribution in [2.75, 3.05) is 0 Å². The van der Waals surface area contributed by atoms with Crippen LogP contribution in [0.15, 0.2) is 11.6 Å². The van der Waals surface area contributed by atoms with Crippen molar-refractivity contribution >= 4 is 0 Å². The first-order valence-corrected chi connectivity index (χ1v) is 9.07. The highest BCUT2D eigenvalue weighted by Crippen LogP contribution is 2.63. The maximum atomic E-state index is 2.65. The molecule has 2 atom stereocenters. The van der Waals surface area contributed by atoms with Crippen LogP contribution >= 0.6 is 0 Å². The second-order valence-electron chi connectivity index (χ2n) is 7.57. The van der Waals surface area contributed by atoms with Crippen molar-refractivity contribution in [1.29, 1.82) is 0 Å². The van der Waals surface area contributed by atoms with Gasteiger partial charge in [0.2, 0.25) is 0 Å².